The van der Waals surface area contributed by atoms with E-state index in [0.717, 1.165) is 96.1 Å². The number of aromatic nitrogens is 2. The number of nitrogens with zero attached hydrogens (tertiary/aromatic N) is 4. The number of para-hydroxylation sites is 6. The van der Waals surface area contributed by atoms with E-state index in [1.54, 1.807) is 0 Å². The second kappa shape index (κ2) is 18.0. The molecule has 1 aliphatic rings. The molecule has 1 aliphatic carbocycles. The molecule has 1 atom stereocenters. The lowest BCUT2D eigenvalue weighted by Crippen LogP contribution is -2.10. The summed E-state index contributed by atoms with van der Waals surface area (Å²) in [6.07, 6.45) is 5.31. The van der Waals surface area contributed by atoms with Gasteiger partial charge < -0.3 is 18.6 Å². The minimum absolute atomic E-state index is 0.277. The first-order valence-electron chi connectivity index (χ1n) is 23.4. The van der Waals surface area contributed by atoms with Crippen molar-refractivity contribution in [1.82, 2.24) is 9.97 Å². The summed E-state index contributed by atoms with van der Waals surface area (Å²) in [5.41, 5.74) is 19.0. The minimum Gasteiger partial charge on any atom is -0.436 e. The largest absolute Gasteiger partial charge is 0.436 e. The van der Waals surface area contributed by atoms with Crippen LogP contribution in [0.4, 0.5) is 34.1 Å². The Bertz CT molecular complexity index is 3550. The maximum absolute atomic E-state index is 6.13. The average molecular weight is 891 g/mol. The van der Waals surface area contributed by atoms with Crippen LogP contribution in [0.5, 0.6) is 0 Å². The third kappa shape index (κ3) is 8.30. The highest BCUT2D eigenvalue weighted by molar-refractivity contribution is 5.85. The van der Waals surface area contributed by atoms with E-state index in [-0.39, 0.29) is 5.92 Å². The number of anilines is 6. The van der Waals surface area contributed by atoms with Gasteiger partial charge in [-0.15, -0.1) is 0 Å². The third-order valence-corrected chi connectivity index (χ3v) is 13.1. The lowest BCUT2D eigenvalue weighted by Gasteiger charge is -2.26. The Kier molecular flexibility index (Phi) is 10.8. The summed E-state index contributed by atoms with van der Waals surface area (Å²) in [6.45, 7) is 2.25. The van der Waals surface area contributed by atoms with Crippen LogP contribution < -0.4 is 9.80 Å². The predicted octanol–water partition coefficient (Wildman–Crippen LogP) is 17.4. The quantitative estimate of drug-likeness (QED) is 0.129. The molecular formula is C63H46N4O2. The monoisotopic (exact) mass is 890 g/mol. The van der Waals surface area contributed by atoms with Crippen LogP contribution >= 0.6 is 0 Å². The Morgan fingerprint density at radius 2 is 0.696 bits per heavy atom. The second-order valence-corrected chi connectivity index (χ2v) is 17.5. The number of hydrogen-bond acceptors (Lipinski definition) is 6. The van der Waals surface area contributed by atoms with Crippen molar-refractivity contribution in [2.45, 2.75) is 13.3 Å². The summed E-state index contributed by atoms with van der Waals surface area (Å²) in [5.74, 6) is 1.61. The molecule has 1 unspecified atom stereocenters. The number of oxazole rings is 2. The lowest BCUT2D eigenvalue weighted by molar-refractivity contribution is 0.568. The molecule has 9 aromatic carbocycles. The third-order valence-electron chi connectivity index (χ3n) is 13.1. The van der Waals surface area contributed by atoms with Crippen LogP contribution in [0.3, 0.4) is 0 Å². The van der Waals surface area contributed by atoms with Crippen LogP contribution in [0.25, 0.3) is 67.1 Å². The first-order chi connectivity index (χ1) is 34.1. The van der Waals surface area contributed by atoms with Gasteiger partial charge in [-0.1, -0.05) is 140 Å². The van der Waals surface area contributed by atoms with Gasteiger partial charge in [0.1, 0.15) is 11.0 Å². The molecule has 2 aromatic heterocycles. The van der Waals surface area contributed by atoms with Crippen molar-refractivity contribution in [3.05, 3.63) is 254 Å². The van der Waals surface area contributed by atoms with E-state index >= 15 is 0 Å². The molecule has 12 rings (SSSR count). The van der Waals surface area contributed by atoms with E-state index in [4.69, 9.17) is 13.8 Å². The minimum atomic E-state index is 0.277. The van der Waals surface area contributed by atoms with Gasteiger partial charge in [0.2, 0.25) is 11.8 Å². The van der Waals surface area contributed by atoms with Crippen LogP contribution in [0.15, 0.2) is 252 Å². The van der Waals surface area contributed by atoms with Crippen molar-refractivity contribution in [3.63, 3.8) is 0 Å². The van der Waals surface area contributed by atoms with Gasteiger partial charge in [-0.3, -0.25) is 0 Å². The molecular weight excluding hydrogens is 845 g/mol. The fourth-order valence-corrected chi connectivity index (χ4v) is 9.44. The summed E-state index contributed by atoms with van der Waals surface area (Å²) in [6, 6.07) is 80.7. The van der Waals surface area contributed by atoms with Crippen LogP contribution in [0, 0.1) is 5.92 Å². The molecule has 6 nitrogen and oxygen atoms in total. The zero-order valence-electron chi connectivity index (χ0n) is 38.0. The molecule has 69 heavy (non-hydrogen) atoms. The van der Waals surface area contributed by atoms with Crippen molar-refractivity contribution < 1.29 is 8.83 Å². The van der Waals surface area contributed by atoms with Gasteiger partial charge >= 0.3 is 0 Å². The lowest BCUT2D eigenvalue weighted by atomic mass is 9.85. The Hall–Kier alpha value is -9.00. The summed E-state index contributed by atoms with van der Waals surface area (Å²) < 4.78 is 12.1. The van der Waals surface area contributed by atoms with Gasteiger partial charge in [-0.25, -0.2) is 9.97 Å². The number of fused-ring (bicyclic) bond motifs is 2. The highest BCUT2D eigenvalue weighted by Gasteiger charge is 2.22. The first kappa shape index (κ1) is 41.4. The molecule has 0 saturated carbocycles. The Morgan fingerprint density at radius 1 is 0.348 bits per heavy atom. The fourth-order valence-electron chi connectivity index (χ4n) is 9.44. The topological polar surface area (TPSA) is 58.5 Å². The molecule has 330 valence electrons. The molecule has 0 radical (unpaired) electrons. The Morgan fingerprint density at radius 3 is 1.13 bits per heavy atom. The summed E-state index contributed by atoms with van der Waals surface area (Å²) in [4.78, 5) is 14.1. The molecule has 0 saturated heterocycles. The smallest absolute Gasteiger partial charge is 0.227 e. The van der Waals surface area contributed by atoms with Crippen molar-refractivity contribution in [1.29, 1.82) is 0 Å². The van der Waals surface area contributed by atoms with Crippen LogP contribution in [0.1, 0.15) is 24.8 Å². The summed E-state index contributed by atoms with van der Waals surface area (Å²) in [5, 5.41) is 0. The van der Waals surface area contributed by atoms with E-state index in [0.29, 0.717) is 11.8 Å². The van der Waals surface area contributed by atoms with E-state index in [1.807, 2.05) is 48.5 Å². The van der Waals surface area contributed by atoms with Gasteiger partial charge in [0.25, 0.3) is 0 Å². The van der Waals surface area contributed by atoms with E-state index in [2.05, 4.69) is 216 Å². The molecule has 0 fully saturated rings. The summed E-state index contributed by atoms with van der Waals surface area (Å²) >= 11 is 0. The van der Waals surface area contributed by atoms with Crippen LogP contribution in [-0.2, 0) is 0 Å². The van der Waals surface area contributed by atoms with Crippen molar-refractivity contribution >= 4 is 67.5 Å². The van der Waals surface area contributed by atoms with E-state index < -0.39 is 0 Å². The van der Waals surface area contributed by atoms with Gasteiger partial charge in [-0.05, 0) is 155 Å². The molecule has 0 N–H and O–H groups in total. The van der Waals surface area contributed by atoms with Gasteiger partial charge in [0.15, 0.2) is 11.2 Å². The molecule has 6 heteroatoms. The number of allylic oxidation sites excluding steroid dienone is 4. The molecule has 2 heterocycles. The van der Waals surface area contributed by atoms with Crippen molar-refractivity contribution in [3.8, 4) is 33.7 Å². The van der Waals surface area contributed by atoms with Gasteiger partial charge in [-0.2, -0.15) is 0 Å². The second-order valence-electron chi connectivity index (χ2n) is 17.5. The standard InChI is InChI=1S/C63H46N4O2/c1-43-42-50(32-41-57(43)63-65-59-17-9-11-19-61(59)69-63)48-30-39-56(40-31-48)67(52-14-6-3-7-15-52)55-37-28-47(29-38-55)46-26-35-54(36-27-46)66(51-12-4-2-5-13-51)53-33-24-45(25-34-53)44-20-22-49(23-21-44)62-64-58-16-8-10-18-60(58)68-62/h2-41,43H,42H2,1H3. The fraction of sp³-hybridized carbons (Fsp3) is 0.0476. The Labute approximate surface area is 401 Å². The summed E-state index contributed by atoms with van der Waals surface area (Å²) in [7, 11) is 0. The molecule has 0 spiro atoms. The van der Waals surface area contributed by atoms with Gasteiger partial charge in [0.05, 0.1) is 0 Å². The van der Waals surface area contributed by atoms with E-state index in [1.165, 1.54) is 11.1 Å². The SMILES string of the molecule is CC1CC(c2ccc(N(c3ccccc3)c3ccc(-c4ccc(N(c5ccccc5)c5ccc(-c6ccc(-c7nc8ccccc8o7)cc6)cc5)cc4)cc3)cc2)=CC=C1c1nc2ccccc2o1. The highest BCUT2D eigenvalue weighted by atomic mass is 16.4. The zero-order chi connectivity index (χ0) is 46.1. The van der Waals surface area contributed by atoms with Crippen LogP contribution in [-0.4, -0.2) is 9.97 Å². The predicted molar refractivity (Wildman–Crippen MR) is 283 cm³/mol. The van der Waals surface area contributed by atoms with Crippen LogP contribution in [0.2, 0.25) is 0 Å². The average Bonchev–Trinajstić information content (AvgIpc) is 4.06. The normalized spacial score (nSPS) is 13.6. The van der Waals surface area contributed by atoms with Gasteiger partial charge in [0, 0.05) is 45.3 Å². The maximum atomic E-state index is 6.13. The molecule has 0 aliphatic heterocycles. The van der Waals surface area contributed by atoms with Crippen molar-refractivity contribution in [2.24, 2.45) is 5.92 Å². The molecule has 11 aromatic rings. The first-order valence-corrected chi connectivity index (χ1v) is 23.4. The van der Waals surface area contributed by atoms with E-state index in [9.17, 15) is 0 Å². The zero-order valence-corrected chi connectivity index (χ0v) is 38.0. The molecule has 0 bridgehead atoms. The maximum Gasteiger partial charge on any atom is 0.227 e. The highest BCUT2D eigenvalue weighted by Crippen LogP contribution is 2.41. The number of hydrogen-bond donors (Lipinski definition) is 0. The Balaban J connectivity index is 0.776. The number of benzene rings is 9. The molecule has 0 amide bonds. The van der Waals surface area contributed by atoms with Crippen molar-refractivity contribution in [2.75, 3.05) is 9.80 Å². The number of rotatable bonds is 11.